The number of primary amides is 1. The fourth-order valence-corrected chi connectivity index (χ4v) is 2.47. The van der Waals surface area contributed by atoms with Crippen molar-refractivity contribution in [2.75, 3.05) is 11.9 Å². The monoisotopic (exact) mass is 389 g/mol. The number of nitrogens with one attached hydrogen (secondary N) is 2. The Kier molecular flexibility index (Phi) is 6.79. The van der Waals surface area contributed by atoms with Crippen LogP contribution in [0, 0.1) is 6.92 Å². The van der Waals surface area contributed by atoms with E-state index in [1.165, 1.54) is 6.07 Å². The van der Waals surface area contributed by atoms with Gasteiger partial charge in [-0.3, -0.25) is 14.4 Å². The van der Waals surface area contributed by atoms with Crippen LogP contribution >= 0.6 is 11.6 Å². The fraction of sp³-hybridized carbons (Fsp3) is 0.211. The third kappa shape index (κ3) is 6.00. The molecule has 1 atom stereocenters. The van der Waals surface area contributed by atoms with Crippen LogP contribution in [-0.2, 0) is 9.59 Å². The summed E-state index contributed by atoms with van der Waals surface area (Å²) < 4.78 is 5.68. The molecular formula is C19H20ClN3O4. The molecule has 1 unspecified atom stereocenters. The first-order chi connectivity index (χ1) is 12.8. The van der Waals surface area contributed by atoms with Gasteiger partial charge in [-0.25, -0.2) is 0 Å². The second-order valence-corrected chi connectivity index (χ2v) is 6.33. The van der Waals surface area contributed by atoms with Gasteiger partial charge in [0, 0.05) is 16.3 Å². The van der Waals surface area contributed by atoms with Crippen LogP contribution in [0.1, 0.15) is 22.8 Å². The van der Waals surface area contributed by atoms with Crippen LogP contribution in [0.15, 0.2) is 42.5 Å². The van der Waals surface area contributed by atoms with Crippen LogP contribution in [0.25, 0.3) is 0 Å². The number of hydrogen-bond donors (Lipinski definition) is 3. The number of anilines is 1. The highest BCUT2D eigenvalue weighted by molar-refractivity contribution is 6.30. The zero-order valence-electron chi connectivity index (χ0n) is 14.9. The van der Waals surface area contributed by atoms with Gasteiger partial charge in [0.2, 0.25) is 5.91 Å². The number of halogens is 1. The predicted molar refractivity (Wildman–Crippen MR) is 103 cm³/mol. The minimum absolute atomic E-state index is 0.263. The van der Waals surface area contributed by atoms with Gasteiger partial charge in [-0.15, -0.1) is 0 Å². The second kappa shape index (κ2) is 9.05. The Hall–Kier alpha value is -3.06. The molecule has 0 heterocycles. The van der Waals surface area contributed by atoms with E-state index in [-0.39, 0.29) is 18.0 Å². The first-order valence-corrected chi connectivity index (χ1v) is 8.54. The molecule has 0 aromatic heterocycles. The molecule has 0 aliphatic carbocycles. The molecule has 27 heavy (non-hydrogen) atoms. The third-order valence-electron chi connectivity index (χ3n) is 3.63. The van der Waals surface area contributed by atoms with Crippen molar-refractivity contribution < 1.29 is 19.1 Å². The highest BCUT2D eigenvalue weighted by atomic mass is 35.5. The minimum atomic E-state index is -0.766. The fourth-order valence-electron chi connectivity index (χ4n) is 2.24. The molecule has 0 aliphatic heterocycles. The Morgan fingerprint density at radius 3 is 2.59 bits per heavy atom. The Balaban J connectivity index is 2.01. The quantitative estimate of drug-likeness (QED) is 0.674. The molecule has 0 bridgehead atoms. The molecule has 0 aliphatic rings. The number of amides is 3. The summed E-state index contributed by atoms with van der Waals surface area (Å²) in [7, 11) is 0. The lowest BCUT2D eigenvalue weighted by atomic mass is 10.2. The highest BCUT2D eigenvalue weighted by Gasteiger charge is 2.17. The predicted octanol–water partition coefficient (Wildman–Crippen LogP) is 2.27. The average molecular weight is 390 g/mol. The summed E-state index contributed by atoms with van der Waals surface area (Å²) in [6.45, 7) is 3.19. The molecule has 142 valence electrons. The molecule has 4 N–H and O–H groups in total. The standard InChI is InChI=1S/C19H20ClN3O4/c1-11-8-14(20)6-7-16(11)27-12(2)18(25)23-15-5-3-4-13(9-15)19(26)22-10-17(21)24/h3-9,12H,10H2,1-2H3,(H2,21,24)(H,22,26)(H,23,25). The van der Waals surface area contributed by atoms with Gasteiger partial charge < -0.3 is 21.1 Å². The number of hydrogen-bond acceptors (Lipinski definition) is 4. The van der Waals surface area contributed by atoms with E-state index in [4.69, 9.17) is 22.1 Å². The number of ether oxygens (including phenoxy) is 1. The van der Waals surface area contributed by atoms with Gasteiger partial charge in [0.25, 0.3) is 11.8 Å². The van der Waals surface area contributed by atoms with Gasteiger partial charge in [0.15, 0.2) is 6.10 Å². The van der Waals surface area contributed by atoms with Crippen molar-refractivity contribution in [3.05, 3.63) is 58.6 Å². The molecule has 2 rings (SSSR count). The number of carbonyl (C=O) groups excluding carboxylic acids is 3. The third-order valence-corrected chi connectivity index (χ3v) is 3.86. The molecule has 0 fully saturated rings. The molecular weight excluding hydrogens is 370 g/mol. The molecule has 0 radical (unpaired) electrons. The smallest absolute Gasteiger partial charge is 0.265 e. The van der Waals surface area contributed by atoms with Gasteiger partial charge in [-0.1, -0.05) is 17.7 Å². The van der Waals surface area contributed by atoms with E-state index in [1.807, 2.05) is 6.92 Å². The zero-order chi connectivity index (χ0) is 20.0. The first kappa shape index (κ1) is 20.3. The van der Waals surface area contributed by atoms with Crippen LogP contribution in [0.5, 0.6) is 5.75 Å². The summed E-state index contributed by atoms with van der Waals surface area (Å²) in [4.78, 5) is 35.1. The van der Waals surface area contributed by atoms with E-state index in [2.05, 4.69) is 10.6 Å². The Morgan fingerprint density at radius 1 is 1.19 bits per heavy atom. The van der Waals surface area contributed by atoms with E-state index >= 15 is 0 Å². The number of carbonyl (C=O) groups is 3. The minimum Gasteiger partial charge on any atom is -0.481 e. The molecule has 2 aromatic carbocycles. The Labute approximate surface area is 161 Å². The lowest BCUT2D eigenvalue weighted by molar-refractivity contribution is -0.122. The second-order valence-electron chi connectivity index (χ2n) is 5.89. The van der Waals surface area contributed by atoms with Crippen LogP contribution < -0.4 is 21.1 Å². The van der Waals surface area contributed by atoms with E-state index in [1.54, 1.807) is 43.3 Å². The van der Waals surface area contributed by atoms with E-state index in [0.717, 1.165) is 5.56 Å². The molecule has 2 aromatic rings. The number of nitrogens with two attached hydrogens (primary N) is 1. The maximum absolute atomic E-state index is 12.4. The normalized spacial score (nSPS) is 11.4. The van der Waals surface area contributed by atoms with Gasteiger partial charge >= 0.3 is 0 Å². The highest BCUT2D eigenvalue weighted by Crippen LogP contribution is 2.23. The summed E-state index contributed by atoms with van der Waals surface area (Å²) in [5.74, 6) is -0.928. The van der Waals surface area contributed by atoms with E-state index < -0.39 is 17.9 Å². The van der Waals surface area contributed by atoms with Crippen molar-refractivity contribution in [3.8, 4) is 5.75 Å². The van der Waals surface area contributed by atoms with Crippen molar-refractivity contribution >= 4 is 35.0 Å². The Morgan fingerprint density at radius 2 is 1.93 bits per heavy atom. The zero-order valence-corrected chi connectivity index (χ0v) is 15.7. The molecule has 0 saturated carbocycles. The van der Waals surface area contributed by atoms with Gasteiger partial charge in [0.1, 0.15) is 5.75 Å². The largest absolute Gasteiger partial charge is 0.481 e. The number of rotatable bonds is 7. The van der Waals surface area contributed by atoms with Crippen LogP contribution in [0.3, 0.4) is 0 Å². The van der Waals surface area contributed by atoms with Crippen molar-refractivity contribution in [1.29, 1.82) is 0 Å². The van der Waals surface area contributed by atoms with Crippen molar-refractivity contribution in [3.63, 3.8) is 0 Å². The van der Waals surface area contributed by atoms with E-state index in [0.29, 0.717) is 16.5 Å². The van der Waals surface area contributed by atoms with Crippen molar-refractivity contribution in [2.45, 2.75) is 20.0 Å². The number of benzene rings is 2. The van der Waals surface area contributed by atoms with Crippen LogP contribution in [-0.4, -0.2) is 30.4 Å². The SMILES string of the molecule is Cc1cc(Cl)ccc1OC(C)C(=O)Nc1cccc(C(=O)NCC(N)=O)c1. The number of aryl methyl sites for hydroxylation is 1. The van der Waals surface area contributed by atoms with Crippen molar-refractivity contribution in [1.82, 2.24) is 5.32 Å². The molecule has 7 nitrogen and oxygen atoms in total. The maximum Gasteiger partial charge on any atom is 0.265 e. The summed E-state index contributed by atoms with van der Waals surface area (Å²) >= 11 is 5.91. The van der Waals surface area contributed by atoms with Gasteiger partial charge in [0.05, 0.1) is 6.54 Å². The Bertz CT molecular complexity index is 870. The lowest BCUT2D eigenvalue weighted by Crippen LogP contribution is -2.33. The van der Waals surface area contributed by atoms with Crippen LogP contribution in [0.2, 0.25) is 5.02 Å². The summed E-state index contributed by atoms with van der Waals surface area (Å²) in [5.41, 5.74) is 6.53. The summed E-state index contributed by atoms with van der Waals surface area (Å²) in [5, 5.41) is 5.66. The molecule has 3 amide bonds. The topological polar surface area (TPSA) is 111 Å². The molecule has 8 heteroatoms. The lowest BCUT2D eigenvalue weighted by Gasteiger charge is -2.16. The first-order valence-electron chi connectivity index (χ1n) is 8.16. The molecule has 0 spiro atoms. The van der Waals surface area contributed by atoms with Gasteiger partial charge in [-0.05, 0) is 55.8 Å². The average Bonchev–Trinajstić information content (AvgIpc) is 2.62. The summed E-state index contributed by atoms with van der Waals surface area (Å²) in [6, 6.07) is 11.4. The summed E-state index contributed by atoms with van der Waals surface area (Å²) in [6.07, 6.45) is -0.766. The molecule has 0 saturated heterocycles. The van der Waals surface area contributed by atoms with Gasteiger partial charge in [-0.2, -0.15) is 0 Å². The van der Waals surface area contributed by atoms with Crippen molar-refractivity contribution in [2.24, 2.45) is 5.73 Å². The van der Waals surface area contributed by atoms with E-state index in [9.17, 15) is 14.4 Å². The van der Waals surface area contributed by atoms with Crippen LogP contribution in [0.4, 0.5) is 5.69 Å². The maximum atomic E-state index is 12.4.